The lowest BCUT2D eigenvalue weighted by molar-refractivity contribution is 0.215. The van der Waals surface area contributed by atoms with Gasteiger partial charge in [0.2, 0.25) is 0 Å². The molecule has 5 rings (SSSR count). The summed E-state index contributed by atoms with van der Waals surface area (Å²) < 4.78 is 1.91. The highest BCUT2D eigenvalue weighted by molar-refractivity contribution is 5.40. The number of aryl methyl sites for hydroxylation is 1. The lowest BCUT2D eigenvalue weighted by atomic mass is 9.73. The Hall–Kier alpha value is -2.07. The topological polar surface area (TPSA) is 94.4 Å². The summed E-state index contributed by atoms with van der Waals surface area (Å²) in [6, 6.07) is 2.88. The molecule has 9 heteroatoms. The van der Waals surface area contributed by atoms with Crippen molar-refractivity contribution in [3.8, 4) is 0 Å². The van der Waals surface area contributed by atoms with E-state index in [2.05, 4.69) is 48.0 Å². The first kappa shape index (κ1) is 20.8. The molecule has 3 aliphatic rings. The van der Waals surface area contributed by atoms with Gasteiger partial charge < -0.3 is 10.0 Å². The molecule has 4 unspecified atom stereocenters. The summed E-state index contributed by atoms with van der Waals surface area (Å²) in [4.78, 5) is 14.0. The molecule has 3 N–H and O–H groups in total. The SMILES string of the molecule is Cn1cc(C2CCC3NNC(c4cc(N5CCN(CCCO)CC5)ncn4)C3C2)cn1. The van der Waals surface area contributed by atoms with Gasteiger partial charge in [0.1, 0.15) is 12.1 Å². The van der Waals surface area contributed by atoms with Crippen LogP contribution in [0.15, 0.2) is 24.8 Å². The van der Waals surface area contributed by atoms with Gasteiger partial charge in [-0.15, -0.1) is 0 Å². The molecule has 3 fully saturated rings. The monoisotopic (exact) mass is 426 g/mol. The second-order valence-electron chi connectivity index (χ2n) is 9.20. The number of hydrogen-bond acceptors (Lipinski definition) is 8. The fourth-order valence-electron chi connectivity index (χ4n) is 5.50. The fraction of sp³-hybridized carbons (Fsp3) is 0.682. The number of hydrazine groups is 1. The summed E-state index contributed by atoms with van der Waals surface area (Å²) in [5, 5.41) is 13.4. The Balaban J connectivity index is 1.26. The lowest BCUT2D eigenvalue weighted by Crippen LogP contribution is -2.47. The molecule has 1 aliphatic carbocycles. The van der Waals surface area contributed by atoms with Gasteiger partial charge in [-0.1, -0.05) is 0 Å². The number of aliphatic hydroxyl groups is 1. The molecule has 2 aromatic heterocycles. The van der Waals surface area contributed by atoms with E-state index in [1.807, 2.05) is 17.9 Å². The quantitative estimate of drug-likeness (QED) is 0.625. The van der Waals surface area contributed by atoms with Crippen molar-refractivity contribution in [2.24, 2.45) is 13.0 Å². The highest BCUT2D eigenvalue weighted by Crippen LogP contribution is 2.43. The second kappa shape index (κ2) is 9.20. The van der Waals surface area contributed by atoms with Crippen LogP contribution in [0.3, 0.4) is 0 Å². The third-order valence-electron chi connectivity index (χ3n) is 7.27. The van der Waals surface area contributed by atoms with E-state index in [1.165, 1.54) is 18.4 Å². The van der Waals surface area contributed by atoms with E-state index >= 15 is 0 Å². The normalized spacial score (nSPS) is 29.3. The minimum Gasteiger partial charge on any atom is -0.396 e. The van der Waals surface area contributed by atoms with Crippen molar-refractivity contribution in [2.75, 3.05) is 44.2 Å². The van der Waals surface area contributed by atoms with Crippen LogP contribution in [-0.2, 0) is 7.05 Å². The van der Waals surface area contributed by atoms with Crippen LogP contribution in [-0.4, -0.2) is 75.1 Å². The summed E-state index contributed by atoms with van der Waals surface area (Å²) in [6.07, 6.45) is 10.3. The zero-order chi connectivity index (χ0) is 21.2. The molecule has 9 nitrogen and oxygen atoms in total. The van der Waals surface area contributed by atoms with Crippen molar-refractivity contribution < 1.29 is 5.11 Å². The molecule has 0 amide bonds. The lowest BCUT2D eigenvalue weighted by Gasteiger charge is -2.35. The van der Waals surface area contributed by atoms with E-state index in [9.17, 15) is 0 Å². The summed E-state index contributed by atoms with van der Waals surface area (Å²) in [6.45, 7) is 5.20. The molecule has 2 saturated heterocycles. The Morgan fingerprint density at radius 1 is 1.13 bits per heavy atom. The molecular formula is C22H34N8O. The minimum absolute atomic E-state index is 0.206. The van der Waals surface area contributed by atoms with E-state index < -0.39 is 0 Å². The van der Waals surface area contributed by atoms with Crippen molar-refractivity contribution in [3.63, 3.8) is 0 Å². The van der Waals surface area contributed by atoms with Crippen molar-refractivity contribution in [3.05, 3.63) is 36.0 Å². The maximum Gasteiger partial charge on any atom is 0.132 e. The Morgan fingerprint density at radius 2 is 2.00 bits per heavy atom. The molecule has 2 aliphatic heterocycles. The Kier molecular flexibility index (Phi) is 6.17. The van der Waals surface area contributed by atoms with E-state index in [4.69, 9.17) is 5.11 Å². The predicted octanol–water partition coefficient (Wildman–Crippen LogP) is 0.816. The van der Waals surface area contributed by atoms with Gasteiger partial charge in [0.05, 0.1) is 17.9 Å². The van der Waals surface area contributed by atoms with Crippen LogP contribution in [0.2, 0.25) is 0 Å². The Morgan fingerprint density at radius 3 is 2.77 bits per heavy atom. The van der Waals surface area contributed by atoms with Crippen molar-refractivity contribution in [2.45, 2.75) is 43.7 Å². The van der Waals surface area contributed by atoms with E-state index in [0.29, 0.717) is 17.9 Å². The van der Waals surface area contributed by atoms with Gasteiger partial charge in [-0.3, -0.25) is 15.0 Å². The molecular weight excluding hydrogens is 392 g/mol. The van der Waals surface area contributed by atoms with Gasteiger partial charge in [0, 0.05) is 64.7 Å². The minimum atomic E-state index is 0.206. The van der Waals surface area contributed by atoms with Gasteiger partial charge in [0.25, 0.3) is 0 Å². The van der Waals surface area contributed by atoms with Gasteiger partial charge in [-0.05, 0) is 43.1 Å². The maximum absolute atomic E-state index is 9.06. The van der Waals surface area contributed by atoms with Crippen molar-refractivity contribution in [1.82, 2.24) is 35.5 Å². The number of nitrogens with one attached hydrogen (secondary N) is 2. The third kappa shape index (κ3) is 4.45. The summed E-state index contributed by atoms with van der Waals surface area (Å²) >= 11 is 0. The summed E-state index contributed by atoms with van der Waals surface area (Å²) in [5.41, 5.74) is 9.52. The first-order valence-electron chi connectivity index (χ1n) is 11.6. The number of rotatable bonds is 6. The van der Waals surface area contributed by atoms with Crippen LogP contribution < -0.4 is 15.8 Å². The number of aliphatic hydroxyl groups excluding tert-OH is 1. The fourth-order valence-corrected chi connectivity index (χ4v) is 5.50. The highest BCUT2D eigenvalue weighted by atomic mass is 16.3. The standard InChI is InChI=1S/C22H34N8O/c1-28-14-17(13-25-28)16-3-4-19-18(11-16)22(27-26-19)20-12-21(24-15-23-20)30-8-6-29(7-9-30)5-2-10-31/h12-16,18-19,22,26-27,31H,2-11H2,1H3. The van der Waals surface area contributed by atoms with E-state index in [1.54, 1.807) is 6.33 Å². The van der Waals surface area contributed by atoms with Crippen molar-refractivity contribution in [1.29, 1.82) is 0 Å². The third-order valence-corrected chi connectivity index (χ3v) is 7.27. The maximum atomic E-state index is 9.06. The van der Waals surface area contributed by atoms with Gasteiger partial charge >= 0.3 is 0 Å². The van der Waals surface area contributed by atoms with E-state index in [0.717, 1.165) is 57.1 Å². The van der Waals surface area contributed by atoms with Gasteiger partial charge in [-0.25, -0.2) is 15.4 Å². The Labute approximate surface area is 183 Å². The number of anilines is 1. The van der Waals surface area contributed by atoms with Crippen LogP contribution in [0, 0.1) is 5.92 Å². The number of fused-ring (bicyclic) bond motifs is 1. The number of aromatic nitrogens is 4. The number of piperazine rings is 1. The molecule has 0 spiro atoms. The first-order chi connectivity index (χ1) is 15.2. The highest BCUT2D eigenvalue weighted by Gasteiger charge is 2.42. The smallest absolute Gasteiger partial charge is 0.132 e. The molecule has 0 aromatic carbocycles. The van der Waals surface area contributed by atoms with E-state index in [-0.39, 0.29) is 12.6 Å². The molecule has 1 saturated carbocycles. The zero-order valence-corrected chi connectivity index (χ0v) is 18.3. The average molecular weight is 427 g/mol. The predicted molar refractivity (Wildman–Crippen MR) is 118 cm³/mol. The largest absolute Gasteiger partial charge is 0.396 e. The van der Waals surface area contributed by atoms with Crippen LogP contribution in [0.4, 0.5) is 5.82 Å². The van der Waals surface area contributed by atoms with Crippen LogP contribution >= 0.6 is 0 Å². The zero-order valence-electron chi connectivity index (χ0n) is 18.3. The molecule has 31 heavy (non-hydrogen) atoms. The van der Waals surface area contributed by atoms with Gasteiger partial charge in [-0.2, -0.15) is 5.10 Å². The summed E-state index contributed by atoms with van der Waals surface area (Å²) in [5.74, 6) is 2.10. The molecule has 0 bridgehead atoms. The molecule has 2 aromatic rings. The van der Waals surface area contributed by atoms with Crippen LogP contribution in [0.25, 0.3) is 0 Å². The van der Waals surface area contributed by atoms with Crippen LogP contribution in [0.1, 0.15) is 48.9 Å². The molecule has 4 heterocycles. The summed E-state index contributed by atoms with van der Waals surface area (Å²) in [7, 11) is 1.99. The van der Waals surface area contributed by atoms with Gasteiger partial charge in [0.15, 0.2) is 0 Å². The number of hydrogen-bond donors (Lipinski definition) is 3. The molecule has 168 valence electrons. The van der Waals surface area contributed by atoms with Crippen molar-refractivity contribution >= 4 is 5.82 Å². The average Bonchev–Trinajstić information content (AvgIpc) is 3.44. The second-order valence-corrected chi connectivity index (χ2v) is 9.20. The first-order valence-corrected chi connectivity index (χ1v) is 11.6. The molecule has 0 radical (unpaired) electrons. The Bertz CT molecular complexity index is 865. The number of nitrogens with zero attached hydrogens (tertiary/aromatic N) is 6. The molecule has 4 atom stereocenters. The van der Waals surface area contributed by atoms with Crippen LogP contribution in [0.5, 0.6) is 0 Å².